The van der Waals surface area contributed by atoms with E-state index in [1.165, 1.54) is 25.3 Å². The summed E-state index contributed by atoms with van der Waals surface area (Å²) >= 11 is 0. The number of nitrogens with one attached hydrogen (secondary N) is 1. The van der Waals surface area contributed by atoms with Crippen LogP contribution >= 0.6 is 0 Å². The highest BCUT2D eigenvalue weighted by molar-refractivity contribution is 7.89. The maximum Gasteiger partial charge on any atom is 0.328 e. The maximum absolute atomic E-state index is 12.2. The Morgan fingerprint density at radius 1 is 1.43 bits per heavy atom. The van der Waals surface area contributed by atoms with Gasteiger partial charge in [-0.25, -0.2) is 17.9 Å². The Balaban J connectivity index is 3.13. The zero-order chi connectivity index (χ0) is 15.9. The first-order valence-corrected chi connectivity index (χ1v) is 7.58. The summed E-state index contributed by atoms with van der Waals surface area (Å²) in [5.41, 5.74) is 0.417. The first kappa shape index (κ1) is 17.2. The van der Waals surface area contributed by atoms with Gasteiger partial charge >= 0.3 is 5.97 Å². The molecule has 0 aliphatic heterocycles. The molecule has 0 saturated heterocycles. The molecule has 0 bridgehead atoms. The molecule has 21 heavy (non-hydrogen) atoms. The normalized spacial score (nSPS) is 11.7. The van der Waals surface area contributed by atoms with Gasteiger partial charge in [0.25, 0.3) is 0 Å². The Morgan fingerprint density at radius 3 is 2.71 bits per heavy atom. The van der Waals surface area contributed by atoms with Gasteiger partial charge in [0.05, 0.1) is 7.11 Å². The highest BCUT2D eigenvalue weighted by Crippen LogP contribution is 2.25. The van der Waals surface area contributed by atoms with Crippen LogP contribution < -0.4 is 9.46 Å². The van der Waals surface area contributed by atoms with Crippen LogP contribution in [-0.2, 0) is 14.8 Å². The average Bonchev–Trinajstić information content (AvgIpc) is 2.45. The molecule has 3 N–H and O–H groups in total. The lowest BCUT2D eigenvalue weighted by Gasteiger charge is -2.11. The summed E-state index contributed by atoms with van der Waals surface area (Å²) in [6.07, 6.45) is 2.49. The Kier molecular flexibility index (Phi) is 6.35. The number of benzene rings is 1. The predicted octanol–water partition coefficient (Wildman–Crippen LogP) is 0.454. The van der Waals surface area contributed by atoms with Gasteiger partial charge < -0.3 is 14.9 Å². The van der Waals surface area contributed by atoms with Gasteiger partial charge in [-0.3, -0.25) is 0 Å². The van der Waals surface area contributed by atoms with E-state index in [0.717, 1.165) is 6.08 Å². The number of carbonyl (C=O) groups is 1. The lowest BCUT2D eigenvalue weighted by Crippen LogP contribution is -2.25. The highest BCUT2D eigenvalue weighted by Gasteiger charge is 2.19. The molecule has 116 valence electrons. The van der Waals surface area contributed by atoms with Gasteiger partial charge in [-0.2, -0.15) is 0 Å². The van der Waals surface area contributed by atoms with E-state index in [4.69, 9.17) is 14.9 Å². The first-order chi connectivity index (χ1) is 9.90. The molecule has 0 fully saturated rings. The first-order valence-electron chi connectivity index (χ1n) is 6.10. The Morgan fingerprint density at radius 2 is 2.14 bits per heavy atom. The van der Waals surface area contributed by atoms with E-state index in [1.54, 1.807) is 6.07 Å². The number of sulfonamides is 1. The predicted molar refractivity (Wildman–Crippen MR) is 76.6 cm³/mol. The largest absolute Gasteiger partial charge is 0.495 e. The van der Waals surface area contributed by atoms with E-state index in [9.17, 15) is 13.2 Å². The summed E-state index contributed by atoms with van der Waals surface area (Å²) in [5, 5.41) is 17.3. The van der Waals surface area contributed by atoms with Gasteiger partial charge in [-0.15, -0.1) is 0 Å². The fraction of sp³-hybridized carbons (Fsp3) is 0.308. The molecule has 0 radical (unpaired) electrons. The number of carboxylic acid groups (broad SMARTS) is 1. The minimum atomic E-state index is -3.80. The zero-order valence-corrected chi connectivity index (χ0v) is 12.3. The average molecular weight is 315 g/mol. The van der Waals surface area contributed by atoms with Crippen molar-refractivity contribution in [2.75, 3.05) is 20.3 Å². The van der Waals surface area contributed by atoms with Crippen molar-refractivity contribution < 1.29 is 28.2 Å². The fourth-order valence-electron chi connectivity index (χ4n) is 1.54. The molecule has 0 heterocycles. The second-order valence-corrected chi connectivity index (χ2v) is 5.79. The van der Waals surface area contributed by atoms with Crippen LogP contribution in [0, 0.1) is 0 Å². The molecule has 1 aromatic carbocycles. The van der Waals surface area contributed by atoms with Gasteiger partial charge in [-0.1, -0.05) is 6.07 Å². The van der Waals surface area contributed by atoms with Crippen LogP contribution in [-0.4, -0.2) is 44.9 Å². The van der Waals surface area contributed by atoms with Gasteiger partial charge in [0.2, 0.25) is 10.0 Å². The van der Waals surface area contributed by atoms with Crippen molar-refractivity contribution in [1.29, 1.82) is 0 Å². The quantitative estimate of drug-likeness (QED) is 0.474. The van der Waals surface area contributed by atoms with Crippen molar-refractivity contribution in [3.8, 4) is 5.75 Å². The molecule has 0 spiro atoms. The molecular formula is C13H17NO6S. The topological polar surface area (TPSA) is 113 Å². The third-order valence-corrected chi connectivity index (χ3v) is 4.00. The highest BCUT2D eigenvalue weighted by atomic mass is 32.2. The minimum Gasteiger partial charge on any atom is -0.495 e. The molecule has 0 unspecified atom stereocenters. The van der Waals surface area contributed by atoms with Crippen molar-refractivity contribution in [1.82, 2.24) is 4.72 Å². The van der Waals surface area contributed by atoms with E-state index in [0.29, 0.717) is 12.0 Å². The maximum atomic E-state index is 12.2. The summed E-state index contributed by atoms with van der Waals surface area (Å²) in [4.78, 5) is 10.4. The number of hydrogen-bond acceptors (Lipinski definition) is 5. The number of hydrogen-bond donors (Lipinski definition) is 3. The van der Waals surface area contributed by atoms with Crippen molar-refractivity contribution in [2.24, 2.45) is 0 Å². The number of rotatable bonds is 8. The number of methoxy groups -OCH3 is 1. The standard InChI is InChI=1S/C13H17NO6S/c1-20-11-5-3-10(4-6-13(16)17)9-12(11)21(18,19)14-7-2-8-15/h3-6,9,14-15H,2,7-8H2,1H3,(H,16,17). The third kappa shape index (κ3) is 5.18. The van der Waals surface area contributed by atoms with E-state index in [2.05, 4.69) is 4.72 Å². The van der Waals surface area contributed by atoms with E-state index < -0.39 is 16.0 Å². The molecule has 1 aromatic rings. The van der Waals surface area contributed by atoms with Crippen LogP contribution in [0.1, 0.15) is 12.0 Å². The van der Waals surface area contributed by atoms with Gasteiger partial charge in [0, 0.05) is 19.2 Å². The van der Waals surface area contributed by atoms with E-state index >= 15 is 0 Å². The van der Waals surface area contributed by atoms with E-state index in [-0.39, 0.29) is 23.8 Å². The number of ether oxygens (including phenoxy) is 1. The fourth-order valence-corrected chi connectivity index (χ4v) is 2.81. The Labute approximate surface area is 122 Å². The molecule has 0 aliphatic rings. The van der Waals surface area contributed by atoms with Gasteiger partial charge in [0.15, 0.2) is 0 Å². The summed E-state index contributed by atoms with van der Waals surface area (Å²) < 4.78 is 31.7. The molecule has 0 atom stereocenters. The summed E-state index contributed by atoms with van der Waals surface area (Å²) in [5.74, 6) is -0.977. The van der Waals surface area contributed by atoms with Crippen LogP contribution in [0.15, 0.2) is 29.2 Å². The smallest absolute Gasteiger partial charge is 0.328 e. The van der Waals surface area contributed by atoms with Crippen LogP contribution in [0.25, 0.3) is 6.08 Å². The number of aliphatic hydroxyl groups excluding tert-OH is 1. The van der Waals surface area contributed by atoms with Crippen LogP contribution in [0.2, 0.25) is 0 Å². The zero-order valence-electron chi connectivity index (χ0n) is 11.4. The monoisotopic (exact) mass is 315 g/mol. The third-order valence-electron chi connectivity index (χ3n) is 2.52. The molecule has 1 rings (SSSR count). The van der Waals surface area contributed by atoms with Crippen LogP contribution in [0.5, 0.6) is 5.75 Å². The van der Waals surface area contributed by atoms with Crippen molar-refractivity contribution >= 4 is 22.1 Å². The number of carboxylic acids is 1. The molecule has 8 heteroatoms. The van der Waals surface area contributed by atoms with Crippen LogP contribution in [0.3, 0.4) is 0 Å². The van der Waals surface area contributed by atoms with Crippen molar-refractivity contribution in [3.05, 3.63) is 29.8 Å². The van der Waals surface area contributed by atoms with E-state index in [1.807, 2.05) is 0 Å². The number of aliphatic carboxylic acids is 1. The van der Waals surface area contributed by atoms with Crippen LogP contribution in [0.4, 0.5) is 0 Å². The SMILES string of the molecule is COc1ccc(C=CC(=O)O)cc1S(=O)(=O)NCCCO. The van der Waals surface area contributed by atoms with Crippen molar-refractivity contribution in [3.63, 3.8) is 0 Å². The Hall–Kier alpha value is -1.90. The summed E-state index contributed by atoms with van der Waals surface area (Å²) in [6, 6.07) is 4.31. The molecule has 0 amide bonds. The Bertz CT molecular complexity index is 624. The molecular weight excluding hydrogens is 298 g/mol. The van der Waals surface area contributed by atoms with Gasteiger partial charge in [0.1, 0.15) is 10.6 Å². The molecule has 0 saturated carbocycles. The minimum absolute atomic E-state index is 0.0875. The second kappa shape index (κ2) is 7.77. The van der Waals surface area contributed by atoms with Crippen molar-refractivity contribution in [2.45, 2.75) is 11.3 Å². The lowest BCUT2D eigenvalue weighted by atomic mass is 10.2. The molecule has 0 aliphatic carbocycles. The number of aliphatic hydroxyl groups is 1. The lowest BCUT2D eigenvalue weighted by molar-refractivity contribution is -0.131. The van der Waals surface area contributed by atoms with Gasteiger partial charge in [-0.05, 0) is 30.2 Å². The molecule has 7 nitrogen and oxygen atoms in total. The molecule has 0 aromatic heterocycles. The summed E-state index contributed by atoms with van der Waals surface area (Å²) in [7, 11) is -2.46. The second-order valence-electron chi connectivity index (χ2n) is 4.06. The summed E-state index contributed by atoms with van der Waals surface area (Å²) in [6.45, 7) is -0.0295.